The van der Waals surface area contributed by atoms with E-state index in [1.807, 2.05) is 18.2 Å². The van der Waals surface area contributed by atoms with Crippen molar-refractivity contribution >= 4 is 27.8 Å². The van der Waals surface area contributed by atoms with Gasteiger partial charge < -0.3 is 19.8 Å². The molecule has 188 valence electrons. The van der Waals surface area contributed by atoms with Crippen molar-refractivity contribution in [1.82, 2.24) is 9.88 Å². The van der Waals surface area contributed by atoms with Gasteiger partial charge in [0.25, 0.3) is 0 Å². The molecule has 0 saturated heterocycles. The molecule has 1 heterocycles. The zero-order valence-corrected chi connectivity index (χ0v) is 21.5. The molecule has 36 heavy (non-hydrogen) atoms. The number of rotatable bonds is 10. The van der Waals surface area contributed by atoms with Crippen LogP contribution in [-0.4, -0.2) is 28.8 Å². The lowest BCUT2D eigenvalue weighted by molar-refractivity contribution is -0.150. The summed E-state index contributed by atoms with van der Waals surface area (Å²) < 4.78 is 2.39. The number of aliphatic carboxylic acids is 1. The van der Waals surface area contributed by atoms with Crippen molar-refractivity contribution in [3.8, 4) is 0 Å². The lowest BCUT2D eigenvalue weighted by atomic mass is 9.96. The summed E-state index contributed by atoms with van der Waals surface area (Å²) in [6, 6.07) is 22.9. The molecule has 3 aromatic carbocycles. The molecule has 0 radical (unpaired) electrons. The summed E-state index contributed by atoms with van der Waals surface area (Å²) in [5.41, 5.74) is 4.90. The quantitative estimate of drug-likeness (QED) is 0.176. The van der Waals surface area contributed by atoms with E-state index in [1.165, 1.54) is 16.7 Å². The van der Waals surface area contributed by atoms with Gasteiger partial charge in [0, 0.05) is 23.9 Å². The van der Waals surface area contributed by atoms with Crippen LogP contribution in [0.25, 0.3) is 21.8 Å². The summed E-state index contributed by atoms with van der Waals surface area (Å²) in [6.45, 7) is 10.2. The van der Waals surface area contributed by atoms with Crippen LogP contribution in [0.4, 0.5) is 0 Å². The third-order valence-corrected chi connectivity index (χ3v) is 6.74. The van der Waals surface area contributed by atoms with Crippen LogP contribution < -0.4 is 10.7 Å². The first-order chi connectivity index (χ1) is 17.3. The highest BCUT2D eigenvalue weighted by molar-refractivity contribution is 5.95. The number of carboxylic acid groups (broad SMARTS) is 1. The number of aromatic nitrogens is 1. The molecule has 4 rings (SSSR count). The topological polar surface area (TPSA) is 75.8 Å². The summed E-state index contributed by atoms with van der Waals surface area (Å²) in [6.07, 6.45) is 0.976. The van der Waals surface area contributed by atoms with Gasteiger partial charge in [-0.2, -0.15) is 0 Å². The molecule has 0 aliphatic rings. The van der Waals surface area contributed by atoms with Crippen molar-refractivity contribution < 1.29 is 14.7 Å². The lowest BCUT2D eigenvalue weighted by Gasteiger charge is -2.20. The number of pyridine rings is 1. The molecule has 2 N–H and O–H groups in total. The van der Waals surface area contributed by atoms with E-state index in [1.54, 1.807) is 13.8 Å². The maximum atomic E-state index is 11.5. The highest BCUT2D eigenvalue weighted by atomic mass is 16.6. The minimum absolute atomic E-state index is 0.00895. The number of fused-ring (bicyclic) bond motifs is 2. The predicted octanol–water partition coefficient (Wildman–Crippen LogP) is 5.53. The van der Waals surface area contributed by atoms with E-state index in [9.17, 15) is 9.90 Å². The van der Waals surface area contributed by atoms with Crippen LogP contribution in [0.5, 0.6) is 0 Å². The minimum Gasteiger partial charge on any atom is -0.481 e. The molecule has 0 aliphatic carbocycles. The second-order valence-electron chi connectivity index (χ2n) is 9.99. The molecule has 0 saturated carbocycles. The molecule has 0 atom stereocenters. The standard InChI is InChI=1S/C30H35N3O3/c1-21-15-16-25-27(32-36-20-30(3,4)29(34)35)24-13-8-9-14-26(24)33(28(25)22(21)2)18-10-17-31-19-23-11-6-5-7-12-23/h5-9,11-16,31H,10,17-20H2,1-4H3,(H,34,35). The van der Waals surface area contributed by atoms with E-state index in [0.29, 0.717) is 0 Å². The van der Waals surface area contributed by atoms with Gasteiger partial charge in [-0.05, 0) is 63.4 Å². The lowest BCUT2D eigenvalue weighted by Crippen LogP contribution is -2.29. The number of carboxylic acids is 1. The molecule has 0 fully saturated rings. The second-order valence-corrected chi connectivity index (χ2v) is 9.99. The molecule has 0 amide bonds. The minimum atomic E-state index is -1.02. The van der Waals surface area contributed by atoms with Crippen LogP contribution in [0.1, 0.15) is 37.0 Å². The molecule has 0 spiro atoms. The average Bonchev–Trinajstić information content (AvgIpc) is 2.87. The summed E-state index contributed by atoms with van der Waals surface area (Å²) in [5, 5.41) is 20.2. The Morgan fingerprint density at radius 3 is 2.47 bits per heavy atom. The van der Waals surface area contributed by atoms with E-state index < -0.39 is 11.4 Å². The van der Waals surface area contributed by atoms with E-state index >= 15 is 0 Å². The summed E-state index contributed by atoms with van der Waals surface area (Å²) >= 11 is 0. The fraction of sp³-hybridized carbons (Fsp3) is 0.333. The number of nitrogens with one attached hydrogen (secondary N) is 1. The molecule has 6 nitrogen and oxygen atoms in total. The third-order valence-electron chi connectivity index (χ3n) is 6.74. The van der Waals surface area contributed by atoms with Crippen LogP contribution in [0.15, 0.2) is 71.9 Å². The Balaban J connectivity index is 1.70. The van der Waals surface area contributed by atoms with Crippen molar-refractivity contribution in [2.75, 3.05) is 13.2 Å². The fourth-order valence-electron chi connectivity index (χ4n) is 4.36. The Bertz CT molecular complexity index is 1440. The van der Waals surface area contributed by atoms with Crippen LogP contribution in [-0.2, 0) is 22.7 Å². The monoisotopic (exact) mass is 485 g/mol. The van der Waals surface area contributed by atoms with E-state index in [2.05, 4.69) is 77.4 Å². The third kappa shape index (κ3) is 5.44. The van der Waals surface area contributed by atoms with Gasteiger partial charge in [-0.1, -0.05) is 65.8 Å². The molecule has 6 heteroatoms. The van der Waals surface area contributed by atoms with Crippen LogP contribution in [0, 0.1) is 19.3 Å². The predicted molar refractivity (Wildman–Crippen MR) is 145 cm³/mol. The molecule has 0 bridgehead atoms. The van der Waals surface area contributed by atoms with Gasteiger partial charge in [-0.25, -0.2) is 0 Å². The van der Waals surface area contributed by atoms with Gasteiger partial charge in [-0.15, -0.1) is 0 Å². The number of aryl methyl sites for hydroxylation is 3. The number of para-hydroxylation sites is 1. The first-order valence-electron chi connectivity index (χ1n) is 12.4. The highest BCUT2D eigenvalue weighted by Gasteiger charge is 2.28. The van der Waals surface area contributed by atoms with E-state index in [0.717, 1.165) is 53.2 Å². The Labute approximate surface area is 212 Å². The first kappa shape index (κ1) is 25.5. The van der Waals surface area contributed by atoms with Crippen molar-refractivity contribution in [1.29, 1.82) is 0 Å². The number of carbonyl (C=O) groups is 1. The number of benzene rings is 3. The normalized spacial score (nSPS) is 12.4. The van der Waals surface area contributed by atoms with Crippen molar-refractivity contribution in [2.24, 2.45) is 10.6 Å². The van der Waals surface area contributed by atoms with Gasteiger partial charge in [-0.3, -0.25) is 4.79 Å². The summed E-state index contributed by atoms with van der Waals surface area (Å²) in [4.78, 5) is 17.2. The maximum Gasteiger partial charge on any atom is 0.312 e. The highest BCUT2D eigenvalue weighted by Crippen LogP contribution is 2.25. The van der Waals surface area contributed by atoms with Crippen LogP contribution in [0.3, 0.4) is 0 Å². The van der Waals surface area contributed by atoms with Crippen LogP contribution in [0.2, 0.25) is 0 Å². The first-order valence-corrected chi connectivity index (χ1v) is 12.4. The summed E-state index contributed by atoms with van der Waals surface area (Å²) in [5.74, 6) is -0.911. The number of hydrogen-bond acceptors (Lipinski definition) is 4. The molecule has 1 aromatic heterocycles. The van der Waals surface area contributed by atoms with Gasteiger partial charge in [0.15, 0.2) is 0 Å². The summed E-state index contributed by atoms with van der Waals surface area (Å²) in [7, 11) is 0. The zero-order chi connectivity index (χ0) is 25.7. The Kier molecular flexibility index (Phi) is 7.75. The SMILES string of the molecule is Cc1ccc2c(=NOCC(C)(C)C(=O)O)c3ccccc3n(CCCNCc3ccccc3)c2c1C. The smallest absolute Gasteiger partial charge is 0.312 e. The molecule has 4 aromatic rings. The maximum absolute atomic E-state index is 11.5. The Morgan fingerprint density at radius 1 is 1.00 bits per heavy atom. The van der Waals surface area contributed by atoms with Crippen LogP contribution >= 0.6 is 0 Å². The Hall–Kier alpha value is -3.64. The Morgan fingerprint density at radius 2 is 1.72 bits per heavy atom. The van der Waals surface area contributed by atoms with Gasteiger partial charge in [0.1, 0.15) is 12.0 Å². The number of nitrogens with zero attached hydrogens (tertiary/aromatic N) is 2. The molecule has 0 unspecified atom stereocenters. The number of hydrogen-bond donors (Lipinski definition) is 2. The largest absolute Gasteiger partial charge is 0.481 e. The molecule has 0 aliphatic heterocycles. The van der Waals surface area contributed by atoms with Crippen molar-refractivity contribution in [3.05, 3.63) is 88.8 Å². The fourth-order valence-corrected chi connectivity index (χ4v) is 4.36. The average molecular weight is 486 g/mol. The van der Waals surface area contributed by atoms with E-state index in [-0.39, 0.29) is 6.61 Å². The van der Waals surface area contributed by atoms with Gasteiger partial charge in [0.2, 0.25) is 0 Å². The van der Waals surface area contributed by atoms with E-state index in [4.69, 9.17) is 4.84 Å². The van der Waals surface area contributed by atoms with Gasteiger partial charge >= 0.3 is 5.97 Å². The van der Waals surface area contributed by atoms with Crippen molar-refractivity contribution in [3.63, 3.8) is 0 Å². The zero-order valence-electron chi connectivity index (χ0n) is 21.5. The molecular weight excluding hydrogens is 450 g/mol. The second kappa shape index (κ2) is 11.0. The molecular formula is C30H35N3O3. The van der Waals surface area contributed by atoms with Gasteiger partial charge in [0.05, 0.1) is 16.4 Å². The van der Waals surface area contributed by atoms with Crippen molar-refractivity contribution in [2.45, 2.75) is 47.2 Å².